The van der Waals surface area contributed by atoms with Crippen LogP contribution >= 0.6 is 0 Å². The number of piperidine rings is 1. The number of amides is 1. The van der Waals surface area contributed by atoms with Gasteiger partial charge in [0, 0.05) is 25.0 Å². The highest BCUT2D eigenvalue weighted by atomic mass is 16.2. The van der Waals surface area contributed by atoms with E-state index in [9.17, 15) is 4.79 Å². The summed E-state index contributed by atoms with van der Waals surface area (Å²) in [5.41, 5.74) is 5.84. The number of likely N-dealkylation sites (tertiary alicyclic amines) is 1. The predicted molar refractivity (Wildman–Crippen MR) is 76.6 cm³/mol. The molecular weight excluding hydrogens is 236 g/mol. The van der Waals surface area contributed by atoms with E-state index in [2.05, 4.69) is 4.90 Å². The van der Waals surface area contributed by atoms with Crippen LogP contribution in [-0.4, -0.2) is 29.9 Å². The smallest absolute Gasteiger partial charge is 0.226 e. The van der Waals surface area contributed by atoms with Crippen molar-refractivity contribution in [3.8, 4) is 0 Å². The highest BCUT2D eigenvalue weighted by Crippen LogP contribution is 2.50. The average molecular weight is 264 g/mol. The molecule has 0 bridgehead atoms. The van der Waals surface area contributed by atoms with E-state index in [1.807, 2.05) is 0 Å². The second kappa shape index (κ2) is 5.82. The van der Waals surface area contributed by atoms with Crippen LogP contribution in [0.2, 0.25) is 0 Å². The summed E-state index contributed by atoms with van der Waals surface area (Å²) in [6.07, 6.45) is 11.6. The lowest BCUT2D eigenvalue weighted by Gasteiger charge is -2.35. The molecule has 3 unspecified atom stereocenters. The Hall–Kier alpha value is -0.570. The monoisotopic (exact) mass is 264 g/mol. The molecule has 1 heterocycles. The largest absolute Gasteiger partial charge is 0.338 e. The zero-order valence-electron chi connectivity index (χ0n) is 12.0. The first-order valence-electron chi connectivity index (χ1n) is 8.32. The van der Waals surface area contributed by atoms with E-state index in [-0.39, 0.29) is 0 Å². The van der Waals surface area contributed by atoms with Crippen LogP contribution in [0.3, 0.4) is 0 Å². The van der Waals surface area contributed by atoms with Gasteiger partial charge in [0.15, 0.2) is 0 Å². The third kappa shape index (κ3) is 2.81. The van der Waals surface area contributed by atoms with Gasteiger partial charge >= 0.3 is 0 Å². The molecule has 19 heavy (non-hydrogen) atoms. The third-order valence-electron chi connectivity index (χ3n) is 5.59. The van der Waals surface area contributed by atoms with Crippen LogP contribution in [0.15, 0.2) is 0 Å². The Morgan fingerprint density at radius 3 is 2.53 bits per heavy atom. The van der Waals surface area contributed by atoms with Gasteiger partial charge in [0.25, 0.3) is 0 Å². The Morgan fingerprint density at radius 2 is 1.79 bits per heavy atom. The number of rotatable bonds is 3. The first-order valence-corrected chi connectivity index (χ1v) is 8.32. The van der Waals surface area contributed by atoms with E-state index in [0.717, 1.165) is 25.3 Å². The van der Waals surface area contributed by atoms with Gasteiger partial charge < -0.3 is 10.6 Å². The number of nitrogens with two attached hydrogens (primary N) is 1. The molecule has 1 saturated heterocycles. The Labute approximate surface area is 116 Å². The molecule has 3 heteroatoms. The fraction of sp³-hybridized carbons (Fsp3) is 0.938. The van der Waals surface area contributed by atoms with E-state index >= 15 is 0 Å². The highest BCUT2D eigenvalue weighted by Gasteiger charge is 2.49. The minimum absolute atomic E-state index is 0.328. The summed E-state index contributed by atoms with van der Waals surface area (Å²) in [5.74, 6) is 2.36. The van der Waals surface area contributed by atoms with Crippen LogP contribution < -0.4 is 5.73 Å². The summed E-state index contributed by atoms with van der Waals surface area (Å²) < 4.78 is 0. The van der Waals surface area contributed by atoms with Gasteiger partial charge in [0.05, 0.1) is 0 Å². The lowest BCUT2D eigenvalue weighted by atomic mass is 9.85. The second-order valence-corrected chi connectivity index (χ2v) is 6.82. The van der Waals surface area contributed by atoms with Crippen molar-refractivity contribution in [2.75, 3.05) is 13.1 Å². The third-order valence-corrected chi connectivity index (χ3v) is 5.59. The summed E-state index contributed by atoms with van der Waals surface area (Å²) in [6.45, 7) is 1.60. The van der Waals surface area contributed by atoms with E-state index < -0.39 is 0 Å². The van der Waals surface area contributed by atoms with Gasteiger partial charge in [0.2, 0.25) is 5.91 Å². The summed E-state index contributed by atoms with van der Waals surface area (Å²) in [5, 5.41) is 0. The second-order valence-electron chi connectivity index (χ2n) is 6.82. The number of hydrogen-bond acceptors (Lipinski definition) is 2. The molecule has 2 N–H and O–H groups in total. The summed E-state index contributed by atoms with van der Waals surface area (Å²) in [7, 11) is 0. The van der Waals surface area contributed by atoms with E-state index in [4.69, 9.17) is 5.73 Å². The Bertz CT molecular complexity index is 325. The molecule has 108 valence electrons. The highest BCUT2D eigenvalue weighted by molar-refractivity contribution is 5.82. The topological polar surface area (TPSA) is 46.3 Å². The molecule has 2 aliphatic carbocycles. The summed E-state index contributed by atoms with van der Waals surface area (Å²) in [4.78, 5) is 14.8. The minimum atomic E-state index is 0.328. The van der Waals surface area contributed by atoms with Crippen molar-refractivity contribution in [1.82, 2.24) is 4.90 Å². The maximum atomic E-state index is 12.7. The summed E-state index contributed by atoms with van der Waals surface area (Å²) in [6, 6.07) is 0.328. The van der Waals surface area contributed by atoms with Crippen LogP contribution in [0.5, 0.6) is 0 Å². The normalized spacial score (nSPS) is 36.3. The number of nitrogens with zero attached hydrogens (tertiary/aromatic N) is 1. The standard InChI is InChI=1S/C16H28N2O/c17-11-13-8-4-5-9-18(13)16(19)15-10-14(15)12-6-2-1-3-7-12/h12-15H,1-11,17H2. The van der Waals surface area contributed by atoms with Gasteiger partial charge in [-0.05, 0) is 37.5 Å². The molecule has 3 nitrogen and oxygen atoms in total. The number of carbonyl (C=O) groups excluding carboxylic acids is 1. The maximum Gasteiger partial charge on any atom is 0.226 e. The molecule has 0 aromatic rings. The van der Waals surface area contributed by atoms with Crippen LogP contribution in [0.4, 0.5) is 0 Å². The van der Waals surface area contributed by atoms with Gasteiger partial charge in [-0.15, -0.1) is 0 Å². The van der Waals surface area contributed by atoms with Crippen LogP contribution in [0, 0.1) is 17.8 Å². The van der Waals surface area contributed by atoms with Crippen LogP contribution in [0.25, 0.3) is 0 Å². The maximum absolute atomic E-state index is 12.7. The Balaban J connectivity index is 1.56. The van der Waals surface area contributed by atoms with Crippen molar-refractivity contribution in [1.29, 1.82) is 0 Å². The van der Waals surface area contributed by atoms with Crippen molar-refractivity contribution in [2.45, 2.75) is 63.8 Å². The zero-order chi connectivity index (χ0) is 13.2. The van der Waals surface area contributed by atoms with E-state index in [0.29, 0.717) is 30.3 Å². The minimum Gasteiger partial charge on any atom is -0.338 e. The summed E-state index contributed by atoms with van der Waals surface area (Å²) >= 11 is 0. The van der Waals surface area contributed by atoms with Gasteiger partial charge in [0.1, 0.15) is 0 Å². The van der Waals surface area contributed by atoms with Crippen molar-refractivity contribution >= 4 is 5.91 Å². The fourth-order valence-corrected chi connectivity index (χ4v) is 4.33. The molecule has 0 aromatic carbocycles. The molecule has 1 aliphatic heterocycles. The fourth-order valence-electron chi connectivity index (χ4n) is 4.33. The molecule has 0 radical (unpaired) electrons. The lowest BCUT2D eigenvalue weighted by molar-refractivity contribution is -0.136. The van der Waals surface area contributed by atoms with Crippen LogP contribution in [-0.2, 0) is 4.79 Å². The Kier molecular flexibility index (Phi) is 4.11. The van der Waals surface area contributed by atoms with Crippen LogP contribution in [0.1, 0.15) is 57.8 Å². The molecule has 3 aliphatic rings. The van der Waals surface area contributed by atoms with Gasteiger partial charge in [-0.3, -0.25) is 4.79 Å². The average Bonchev–Trinajstić information content (AvgIpc) is 3.28. The number of carbonyl (C=O) groups is 1. The molecule has 0 aromatic heterocycles. The van der Waals surface area contributed by atoms with Gasteiger partial charge in [-0.1, -0.05) is 32.1 Å². The predicted octanol–water partition coefficient (Wildman–Crippen LogP) is 2.54. The van der Waals surface area contributed by atoms with E-state index in [1.165, 1.54) is 44.9 Å². The first kappa shape index (κ1) is 13.4. The van der Waals surface area contributed by atoms with Gasteiger partial charge in [-0.2, -0.15) is 0 Å². The van der Waals surface area contributed by atoms with Crippen molar-refractivity contribution in [3.05, 3.63) is 0 Å². The van der Waals surface area contributed by atoms with Crippen molar-refractivity contribution < 1.29 is 4.79 Å². The van der Waals surface area contributed by atoms with Crippen molar-refractivity contribution in [2.24, 2.45) is 23.5 Å². The molecule has 3 fully saturated rings. The molecule has 3 atom stereocenters. The Morgan fingerprint density at radius 1 is 1.05 bits per heavy atom. The molecular formula is C16H28N2O. The zero-order valence-corrected chi connectivity index (χ0v) is 12.0. The van der Waals surface area contributed by atoms with Crippen molar-refractivity contribution in [3.63, 3.8) is 0 Å². The van der Waals surface area contributed by atoms with E-state index in [1.54, 1.807) is 0 Å². The molecule has 1 amide bonds. The SMILES string of the molecule is NCC1CCCCN1C(=O)C1CC1C1CCCCC1. The molecule has 2 saturated carbocycles. The quantitative estimate of drug-likeness (QED) is 0.851. The molecule has 3 rings (SSSR count). The first-order chi connectivity index (χ1) is 9.31. The lowest BCUT2D eigenvalue weighted by Crippen LogP contribution is -2.48. The number of hydrogen-bond donors (Lipinski definition) is 1. The molecule has 0 spiro atoms. The van der Waals surface area contributed by atoms with Gasteiger partial charge in [-0.25, -0.2) is 0 Å².